The molecule has 11 nitrogen and oxygen atoms in total. The zero-order valence-corrected chi connectivity index (χ0v) is 30.2. The number of aryl methyl sites for hydroxylation is 2. The molecule has 0 radical (unpaired) electrons. The van der Waals surface area contributed by atoms with E-state index in [2.05, 4.69) is 20.9 Å². The highest BCUT2D eigenvalue weighted by Crippen LogP contribution is 2.39. The van der Waals surface area contributed by atoms with E-state index in [1.807, 2.05) is 45.9 Å². The van der Waals surface area contributed by atoms with Crippen LogP contribution in [0.4, 0.5) is 15.0 Å². The molecule has 0 aliphatic rings. The molecule has 0 fully saturated rings. The first-order valence-electron chi connectivity index (χ1n) is 16.2. The molecular weight excluding hydrogens is 675 g/mol. The molecule has 5 rings (SSSR count). The largest absolute Gasteiger partial charge is 0.497 e. The molecule has 4 N–H and O–H groups in total. The minimum atomic E-state index is -0.548. The molecule has 3 aromatic carbocycles. The molecular formula is C38H40ClFN6O5. The van der Waals surface area contributed by atoms with Gasteiger partial charge in [0.25, 0.3) is 11.5 Å². The fourth-order valence-corrected chi connectivity index (χ4v) is 5.67. The summed E-state index contributed by atoms with van der Waals surface area (Å²) in [4.78, 5) is 41.2. The number of carbonyl (C=O) groups is 2. The predicted molar refractivity (Wildman–Crippen MR) is 196 cm³/mol. The highest BCUT2D eigenvalue weighted by atomic mass is 35.5. The van der Waals surface area contributed by atoms with Crippen molar-refractivity contribution < 1.29 is 23.5 Å². The molecule has 13 heteroatoms. The van der Waals surface area contributed by atoms with E-state index in [-0.39, 0.29) is 35.2 Å². The molecule has 0 bridgehead atoms. The number of methoxy groups -OCH3 is 1. The van der Waals surface area contributed by atoms with E-state index in [9.17, 15) is 18.8 Å². The number of aromatic nitrogens is 3. The summed E-state index contributed by atoms with van der Waals surface area (Å²) in [6.45, 7) is 9.48. The minimum absolute atomic E-state index is 0.0516. The standard InChI is InChI=1S/C38H40ClFN6O5/c1-21-11-12-23(35(47)41-6)16-29(21)32-22(2)43-36(48)33(39)34(32)51-20-24-13-14-26(40)15-25(24)19-42-37(49)44-31-18-30(38(3,4)5)45-46(31)27-9-8-10-28(17-27)50-7/h8-18H,19-20H2,1-7H3,(H,41,47)(H,43,48)(H2,42,44,49). The number of amides is 3. The van der Waals surface area contributed by atoms with Crippen molar-refractivity contribution >= 4 is 29.4 Å². The van der Waals surface area contributed by atoms with Crippen LogP contribution in [0.25, 0.3) is 16.8 Å². The van der Waals surface area contributed by atoms with Crippen LogP contribution in [0, 0.1) is 19.7 Å². The summed E-state index contributed by atoms with van der Waals surface area (Å²) in [5.41, 5.74) is 4.45. The third-order valence-electron chi connectivity index (χ3n) is 8.29. The number of nitrogens with zero attached hydrogens (tertiary/aromatic N) is 2. The molecule has 2 aromatic heterocycles. The molecule has 0 spiro atoms. The second-order valence-electron chi connectivity index (χ2n) is 13.0. The average Bonchev–Trinajstić information content (AvgIpc) is 3.53. The van der Waals surface area contributed by atoms with Gasteiger partial charge >= 0.3 is 6.03 Å². The van der Waals surface area contributed by atoms with Crippen LogP contribution in [-0.4, -0.2) is 40.9 Å². The molecule has 5 aromatic rings. The van der Waals surface area contributed by atoms with E-state index in [0.29, 0.717) is 50.8 Å². The van der Waals surface area contributed by atoms with Gasteiger partial charge in [-0.05, 0) is 72.5 Å². The Balaban J connectivity index is 1.40. The fourth-order valence-electron chi connectivity index (χ4n) is 5.47. The number of carbonyl (C=O) groups excluding carboxylic acids is 2. The number of H-pyrrole nitrogens is 1. The van der Waals surface area contributed by atoms with Crippen molar-refractivity contribution in [3.8, 4) is 28.3 Å². The molecule has 0 aliphatic carbocycles. The molecule has 0 aliphatic heterocycles. The lowest BCUT2D eigenvalue weighted by Gasteiger charge is -2.19. The summed E-state index contributed by atoms with van der Waals surface area (Å²) in [5, 5.41) is 12.9. The first-order valence-corrected chi connectivity index (χ1v) is 16.5. The second kappa shape index (κ2) is 15.1. The van der Waals surface area contributed by atoms with Gasteiger partial charge in [0.05, 0.1) is 18.5 Å². The van der Waals surface area contributed by atoms with Crippen LogP contribution in [0.15, 0.2) is 71.5 Å². The van der Waals surface area contributed by atoms with Crippen molar-refractivity contribution in [1.82, 2.24) is 25.4 Å². The number of hydrogen-bond donors (Lipinski definition) is 4. The average molecular weight is 715 g/mol. The number of benzene rings is 3. The zero-order chi connectivity index (χ0) is 37.0. The summed E-state index contributed by atoms with van der Waals surface area (Å²) < 4.78 is 27.8. The van der Waals surface area contributed by atoms with Gasteiger partial charge < -0.3 is 25.1 Å². The molecule has 0 atom stereocenters. The van der Waals surface area contributed by atoms with Crippen LogP contribution < -0.4 is 31.0 Å². The van der Waals surface area contributed by atoms with Gasteiger partial charge in [0, 0.05) is 48.0 Å². The summed E-state index contributed by atoms with van der Waals surface area (Å²) in [6, 6.07) is 17.9. The number of nitrogens with one attached hydrogen (secondary N) is 4. The number of ether oxygens (including phenoxy) is 2. The number of rotatable bonds is 10. The normalized spacial score (nSPS) is 11.2. The maximum atomic E-state index is 14.5. The Labute approximate surface area is 300 Å². The smallest absolute Gasteiger partial charge is 0.320 e. The number of aromatic amines is 1. The number of halogens is 2. The highest BCUT2D eigenvalue weighted by Gasteiger charge is 2.23. The molecule has 51 heavy (non-hydrogen) atoms. The lowest BCUT2D eigenvalue weighted by molar-refractivity contribution is 0.0963. The van der Waals surface area contributed by atoms with Crippen LogP contribution in [0.5, 0.6) is 11.5 Å². The van der Waals surface area contributed by atoms with Crippen LogP contribution in [-0.2, 0) is 18.6 Å². The Bertz CT molecular complexity index is 2170. The maximum absolute atomic E-state index is 14.5. The molecule has 266 valence electrons. The Kier molecular flexibility index (Phi) is 10.8. The van der Waals surface area contributed by atoms with Crippen LogP contribution in [0.1, 0.15) is 59.2 Å². The number of hydrogen-bond acceptors (Lipinski definition) is 6. The molecule has 0 unspecified atom stereocenters. The lowest BCUT2D eigenvalue weighted by atomic mass is 9.92. The quantitative estimate of drug-likeness (QED) is 0.121. The van der Waals surface area contributed by atoms with Crippen LogP contribution >= 0.6 is 11.6 Å². The summed E-state index contributed by atoms with van der Waals surface area (Å²) in [6.07, 6.45) is 0. The topological polar surface area (TPSA) is 139 Å². The van der Waals surface area contributed by atoms with Gasteiger partial charge in [0.1, 0.15) is 29.0 Å². The van der Waals surface area contributed by atoms with E-state index >= 15 is 0 Å². The van der Waals surface area contributed by atoms with Crippen molar-refractivity contribution in [2.75, 3.05) is 19.5 Å². The van der Waals surface area contributed by atoms with Crippen molar-refractivity contribution in [2.24, 2.45) is 0 Å². The Morgan fingerprint density at radius 3 is 2.49 bits per heavy atom. The summed E-state index contributed by atoms with van der Waals surface area (Å²) >= 11 is 6.53. The SMILES string of the molecule is CNC(=O)c1ccc(C)c(-c2c(C)[nH]c(=O)c(Cl)c2OCc2ccc(F)cc2CNC(=O)Nc2cc(C(C)(C)C)nn2-c2cccc(OC)c2)c1. The van der Waals surface area contributed by atoms with Crippen LogP contribution in [0.3, 0.4) is 0 Å². The molecule has 0 saturated heterocycles. The fraction of sp³-hybridized carbons (Fsp3) is 0.263. The number of pyridine rings is 1. The van der Waals surface area contributed by atoms with Crippen LogP contribution in [0.2, 0.25) is 5.02 Å². The zero-order valence-electron chi connectivity index (χ0n) is 29.5. The van der Waals surface area contributed by atoms with Gasteiger partial charge in [0.15, 0.2) is 5.75 Å². The molecule has 3 amide bonds. The minimum Gasteiger partial charge on any atom is -0.497 e. The third kappa shape index (κ3) is 8.24. The third-order valence-corrected chi connectivity index (χ3v) is 8.64. The Hall–Kier alpha value is -5.62. The van der Waals surface area contributed by atoms with Gasteiger partial charge in [-0.3, -0.25) is 14.9 Å². The first kappa shape index (κ1) is 36.7. The van der Waals surface area contributed by atoms with Gasteiger partial charge in [-0.2, -0.15) is 5.10 Å². The highest BCUT2D eigenvalue weighted by molar-refractivity contribution is 6.32. The predicted octanol–water partition coefficient (Wildman–Crippen LogP) is 7.20. The second-order valence-corrected chi connectivity index (χ2v) is 13.4. The van der Waals surface area contributed by atoms with E-state index in [1.165, 1.54) is 19.2 Å². The van der Waals surface area contributed by atoms with E-state index in [1.54, 1.807) is 55.1 Å². The molecule has 0 saturated carbocycles. The van der Waals surface area contributed by atoms with Gasteiger partial charge in [-0.15, -0.1) is 0 Å². The van der Waals surface area contributed by atoms with Crippen molar-refractivity contribution in [3.05, 3.63) is 122 Å². The first-order chi connectivity index (χ1) is 24.2. The van der Waals surface area contributed by atoms with Crippen molar-refractivity contribution in [3.63, 3.8) is 0 Å². The maximum Gasteiger partial charge on any atom is 0.320 e. The van der Waals surface area contributed by atoms with Crippen molar-refractivity contribution in [1.29, 1.82) is 0 Å². The van der Waals surface area contributed by atoms with E-state index < -0.39 is 17.4 Å². The number of urea groups is 1. The van der Waals surface area contributed by atoms with E-state index in [0.717, 1.165) is 11.3 Å². The van der Waals surface area contributed by atoms with Crippen molar-refractivity contribution in [2.45, 2.75) is 53.2 Å². The Morgan fingerprint density at radius 2 is 1.78 bits per heavy atom. The van der Waals surface area contributed by atoms with Gasteiger partial charge in [-0.25, -0.2) is 13.9 Å². The van der Waals surface area contributed by atoms with Gasteiger partial charge in [-0.1, -0.05) is 50.6 Å². The summed E-state index contributed by atoms with van der Waals surface area (Å²) in [7, 11) is 3.11. The summed E-state index contributed by atoms with van der Waals surface area (Å²) in [5.74, 6) is 0.383. The van der Waals surface area contributed by atoms with E-state index in [4.69, 9.17) is 26.2 Å². The number of anilines is 1. The Morgan fingerprint density at radius 1 is 1.02 bits per heavy atom. The lowest BCUT2D eigenvalue weighted by Crippen LogP contribution is -2.29. The monoisotopic (exact) mass is 714 g/mol. The van der Waals surface area contributed by atoms with Gasteiger partial charge in [0.2, 0.25) is 0 Å². The molecule has 2 heterocycles.